The largest absolute Gasteiger partial charge is 0.452 e. The Bertz CT molecular complexity index is 3120. The first-order valence-corrected chi connectivity index (χ1v) is 18.6. The molecule has 10 aromatic rings. The van der Waals surface area contributed by atoms with Gasteiger partial charge in [-0.1, -0.05) is 153 Å². The molecule has 11 rings (SSSR count). The van der Waals surface area contributed by atoms with Gasteiger partial charge in [-0.15, -0.1) is 0 Å². The number of hydrogen-bond acceptors (Lipinski definition) is 3. The van der Waals surface area contributed by atoms with Gasteiger partial charge < -0.3 is 4.42 Å². The highest BCUT2D eigenvalue weighted by Crippen LogP contribution is 2.53. The Morgan fingerprint density at radius 3 is 1.98 bits per heavy atom. The Morgan fingerprint density at radius 2 is 1.11 bits per heavy atom. The van der Waals surface area contributed by atoms with Gasteiger partial charge in [0.05, 0.1) is 0 Å². The highest BCUT2D eigenvalue weighted by Gasteiger charge is 2.38. The van der Waals surface area contributed by atoms with Crippen molar-refractivity contribution >= 4 is 43.6 Å². The molecule has 0 radical (unpaired) electrons. The average Bonchev–Trinajstić information content (AvgIpc) is 3.72. The van der Waals surface area contributed by atoms with E-state index in [1.165, 1.54) is 55.1 Å². The maximum atomic E-state index is 6.55. The molecule has 2 heterocycles. The summed E-state index contributed by atoms with van der Waals surface area (Å²) in [6.45, 7) is 4.72. The summed E-state index contributed by atoms with van der Waals surface area (Å²) >= 11 is 0. The fourth-order valence-corrected chi connectivity index (χ4v) is 8.80. The first-order chi connectivity index (χ1) is 26.5. The van der Waals surface area contributed by atoms with Crippen LogP contribution in [0.1, 0.15) is 25.0 Å². The van der Waals surface area contributed by atoms with E-state index in [0.717, 1.165) is 44.3 Å². The summed E-state index contributed by atoms with van der Waals surface area (Å²) in [5, 5.41) is 5.82. The van der Waals surface area contributed by atoms with Crippen molar-refractivity contribution in [2.75, 3.05) is 0 Å². The smallest absolute Gasteiger partial charge is 0.180 e. The second kappa shape index (κ2) is 11.6. The Hall–Kier alpha value is -6.84. The summed E-state index contributed by atoms with van der Waals surface area (Å²) in [5.74, 6) is 0.685. The van der Waals surface area contributed by atoms with Crippen LogP contribution in [0.15, 0.2) is 174 Å². The molecule has 254 valence electrons. The van der Waals surface area contributed by atoms with Gasteiger partial charge in [0.25, 0.3) is 0 Å². The summed E-state index contributed by atoms with van der Waals surface area (Å²) in [5.41, 5.74) is 14.8. The minimum absolute atomic E-state index is 0.193. The standard InChI is InChI=1S/C51H34N2O/c1-51(2)44-18-10-8-16-39(44)42-30-43(38-27-26-37(29-41(38)46(42)51)36-25-22-32-14-6-7-15-35(32)28-36)50-52-47(49-48(53-50)40-17-9-11-19-45(40)54-49)34-23-20-33(21-24-34)31-12-4-3-5-13-31/h3-30H,1-2H3. The second-order valence-electron chi connectivity index (χ2n) is 15.0. The van der Waals surface area contributed by atoms with Gasteiger partial charge in [-0.3, -0.25) is 0 Å². The molecule has 0 spiro atoms. The van der Waals surface area contributed by atoms with Gasteiger partial charge in [0.15, 0.2) is 11.4 Å². The predicted octanol–water partition coefficient (Wildman–Crippen LogP) is 13.7. The zero-order chi connectivity index (χ0) is 36.0. The van der Waals surface area contributed by atoms with Gasteiger partial charge in [-0.2, -0.15) is 0 Å². The van der Waals surface area contributed by atoms with Crippen LogP contribution in [0, 0.1) is 0 Å². The van der Waals surface area contributed by atoms with E-state index in [0.29, 0.717) is 11.4 Å². The molecule has 2 aromatic heterocycles. The van der Waals surface area contributed by atoms with Crippen LogP contribution in [0.3, 0.4) is 0 Å². The molecule has 8 aromatic carbocycles. The average molecular weight is 691 g/mol. The lowest BCUT2D eigenvalue weighted by Crippen LogP contribution is -2.15. The van der Waals surface area contributed by atoms with Gasteiger partial charge in [-0.25, -0.2) is 9.97 Å². The van der Waals surface area contributed by atoms with Crippen molar-refractivity contribution in [2.24, 2.45) is 0 Å². The minimum atomic E-state index is -0.193. The van der Waals surface area contributed by atoms with Crippen molar-refractivity contribution in [3.63, 3.8) is 0 Å². The van der Waals surface area contributed by atoms with E-state index in [-0.39, 0.29) is 5.41 Å². The fourth-order valence-electron chi connectivity index (χ4n) is 8.80. The topological polar surface area (TPSA) is 38.9 Å². The van der Waals surface area contributed by atoms with Gasteiger partial charge in [0, 0.05) is 21.9 Å². The van der Waals surface area contributed by atoms with E-state index in [4.69, 9.17) is 14.4 Å². The number of hydrogen-bond donors (Lipinski definition) is 0. The molecule has 1 aliphatic rings. The van der Waals surface area contributed by atoms with Crippen LogP contribution in [-0.2, 0) is 5.41 Å². The summed E-state index contributed by atoms with van der Waals surface area (Å²) < 4.78 is 6.55. The van der Waals surface area contributed by atoms with Gasteiger partial charge in [-0.05, 0) is 96.4 Å². The first-order valence-electron chi connectivity index (χ1n) is 18.6. The van der Waals surface area contributed by atoms with Crippen molar-refractivity contribution < 1.29 is 4.42 Å². The van der Waals surface area contributed by atoms with Crippen LogP contribution < -0.4 is 0 Å². The Kier molecular flexibility index (Phi) is 6.60. The van der Waals surface area contributed by atoms with Crippen LogP contribution in [0.4, 0.5) is 0 Å². The van der Waals surface area contributed by atoms with Crippen molar-refractivity contribution in [1.29, 1.82) is 0 Å². The molecule has 0 aliphatic heterocycles. The third-order valence-corrected chi connectivity index (χ3v) is 11.5. The van der Waals surface area contributed by atoms with E-state index in [2.05, 4.69) is 159 Å². The number of aromatic nitrogens is 2. The van der Waals surface area contributed by atoms with Gasteiger partial charge in [0.2, 0.25) is 0 Å². The molecule has 0 saturated heterocycles. The fraction of sp³-hybridized carbons (Fsp3) is 0.0588. The number of fused-ring (bicyclic) bond motifs is 9. The van der Waals surface area contributed by atoms with Crippen LogP contribution in [0.5, 0.6) is 0 Å². The normalized spacial score (nSPS) is 13.1. The molecule has 0 unspecified atom stereocenters. The summed E-state index contributed by atoms with van der Waals surface area (Å²) in [4.78, 5) is 10.8. The Balaban J connectivity index is 1.18. The zero-order valence-corrected chi connectivity index (χ0v) is 30.0. The maximum Gasteiger partial charge on any atom is 0.180 e. The molecule has 0 fully saturated rings. The summed E-state index contributed by atoms with van der Waals surface area (Å²) in [7, 11) is 0. The molecular formula is C51H34N2O. The second-order valence-corrected chi connectivity index (χ2v) is 15.0. The SMILES string of the molecule is CC1(C)c2ccccc2-c2cc(-c3nc(-c4ccc(-c5ccccc5)cc4)c4oc5ccccc5c4n3)c3ccc(-c4ccc5ccccc5c4)cc3c21. The highest BCUT2D eigenvalue weighted by atomic mass is 16.3. The summed E-state index contributed by atoms with van der Waals surface area (Å²) in [6.07, 6.45) is 0. The van der Waals surface area contributed by atoms with Crippen molar-refractivity contribution in [2.45, 2.75) is 19.3 Å². The molecular weight excluding hydrogens is 657 g/mol. The molecule has 0 atom stereocenters. The lowest BCUT2D eigenvalue weighted by Gasteiger charge is -2.24. The lowest BCUT2D eigenvalue weighted by atomic mass is 9.79. The number of nitrogens with zero attached hydrogens (tertiary/aromatic N) is 2. The van der Waals surface area contributed by atoms with Crippen molar-refractivity contribution in [3.8, 4) is 56.0 Å². The van der Waals surface area contributed by atoms with E-state index in [1.807, 2.05) is 24.3 Å². The van der Waals surface area contributed by atoms with E-state index in [9.17, 15) is 0 Å². The number of benzene rings is 8. The summed E-state index contributed by atoms with van der Waals surface area (Å²) in [6, 6.07) is 60.7. The molecule has 3 nitrogen and oxygen atoms in total. The van der Waals surface area contributed by atoms with Crippen LogP contribution in [0.2, 0.25) is 0 Å². The molecule has 0 amide bonds. The number of rotatable bonds is 4. The number of para-hydroxylation sites is 1. The molecule has 0 N–H and O–H groups in total. The third kappa shape index (κ3) is 4.61. The van der Waals surface area contributed by atoms with Crippen LogP contribution in [0.25, 0.3) is 99.6 Å². The zero-order valence-electron chi connectivity index (χ0n) is 30.0. The third-order valence-electron chi connectivity index (χ3n) is 11.5. The van der Waals surface area contributed by atoms with Crippen molar-refractivity contribution in [3.05, 3.63) is 181 Å². The number of furan rings is 1. The molecule has 3 heteroatoms. The van der Waals surface area contributed by atoms with Gasteiger partial charge >= 0.3 is 0 Å². The minimum Gasteiger partial charge on any atom is -0.452 e. The Morgan fingerprint density at radius 1 is 0.444 bits per heavy atom. The molecule has 1 aliphatic carbocycles. The van der Waals surface area contributed by atoms with Gasteiger partial charge in [0.1, 0.15) is 16.8 Å². The van der Waals surface area contributed by atoms with Crippen LogP contribution in [-0.4, -0.2) is 9.97 Å². The van der Waals surface area contributed by atoms with Crippen LogP contribution >= 0.6 is 0 Å². The lowest BCUT2D eigenvalue weighted by molar-refractivity contribution is 0.666. The maximum absolute atomic E-state index is 6.55. The van der Waals surface area contributed by atoms with Crippen molar-refractivity contribution in [1.82, 2.24) is 9.97 Å². The van der Waals surface area contributed by atoms with E-state index < -0.39 is 0 Å². The quantitative estimate of drug-likeness (QED) is 0.184. The molecule has 54 heavy (non-hydrogen) atoms. The van der Waals surface area contributed by atoms with E-state index in [1.54, 1.807) is 0 Å². The predicted molar refractivity (Wildman–Crippen MR) is 224 cm³/mol. The Labute approximate surface area is 313 Å². The first kappa shape index (κ1) is 30.8. The monoisotopic (exact) mass is 690 g/mol. The molecule has 0 bridgehead atoms. The molecule has 0 saturated carbocycles. The highest BCUT2D eigenvalue weighted by molar-refractivity contribution is 6.10. The van der Waals surface area contributed by atoms with E-state index >= 15 is 0 Å².